The van der Waals surface area contributed by atoms with Gasteiger partial charge in [0.05, 0.1) is 32.2 Å². The fourth-order valence-corrected chi connectivity index (χ4v) is 5.14. The molecule has 3 aromatic carbocycles. The van der Waals surface area contributed by atoms with Gasteiger partial charge in [0.15, 0.2) is 5.82 Å². The zero-order chi connectivity index (χ0) is 25.7. The number of benzene rings is 3. The quantitative estimate of drug-likeness (QED) is 0.238. The van der Waals surface area contributed by atoms with Crippen molar-refractivity contribution in [2.75, 3.05) is 10.6 Å². The molecule has 1 fully saturated rings. The fourth-order valence-electron chi connectivity index (χ4n) is 3.60. The summed E-state index contributed by atoms with van der Waals surface area (Å²) in [7, 11) is 0. The van der Waals surface area contributed by atoms with Crippen LogP contribution in [0.25, 0.3) is 0 Å². The van der Waals surface area contributed by atoms with Crippen LogP contribution in [0.2, 0.25) is 15.1 Å². The van der Waals surface area contributed by atoms with Crippen LogP contribution < -0.4 is 10.6 Å². The van der Waals surface area contributed by atoms with Gasteiger partial charge in [0.1, 0.15) is 16.0 Å². The lowest BCUT2D eigenvalue weighted by Gasteiger charge is -2.11. The Balaban J connectivity index is 1.52. The lowest BCUT2D eigenvalue weighted by Crippen LogP contribution is -2.18. The van der Waals surface area contributed by atoms with Gasteiger partial charge in [-0.15, -0.1) is 23.2 Å². The standard InChI is InChI=1S/C23H12Cl5F3N2O2/c24-13-3-2-11(8-12(13)21(34)33-17-4-1-10(29)7-16(17)30)32-22(35)19-18(23(19,27)28)9-5-14(25)20(31)15(26)6-9/h1-8,18-19H,(H,32,35)(H,33,34)/t18-,19+/m0/s1. The average molecular weight is 583 g/mol. The number of anilines is 2. The predicted octanol–water partition coefficient (Wildman–Crippen LogP) is 7.84. The Kier molecular flexibility index (Phi) is 7.19. The van der Waals surface area contributed by atoms with Crippen LogP contribution in [0, 0.1) is 23.4 Å². The molecule has 4 rings (SSSR count). The second-order valence-electron chi connectivity index (χ2n) is 7.69. The Labute approximate surface area is 222 Å². The van der Waals surface area contributed by atoms with E-state index in [0.29, 0.717) is 11.6 Å². The third-order valence-electron chi connectivity index (χ3n) is 5.36. The van der Waals surface area contributed by atoms with Crippen LogP contribution in [0.3, 0.4) is 0 Å². The van der Waals surface area contributed by atoms with Gasteiger partial charge in [-0.05, 0) is 48.0 Å². The van der Waals surface area contributed by atoms with E-state index in [0.717, 1.165) is 12.1 Å². The van der Waals surface area contributed by atoms with Crippen molar-refractivity contribution in [1.82, 2.24) is 0 Å². The lowest BCUT2D eigenvalue weighted by atomic mass is 10.1. The summed E-state index contributed by atoms with van der Waals surface area (Å²) in [6, 6.07) is 9.29. The first kappa shape index (κ1) is 25.9. The van der Waals surface area contributed by atoms with Gasteiger partial charge in [0.2, 0.25) is 5.91 Å². The first-order valence-corrected chi connectivity index (χ1v) is 11.7. The van der Waals surface area contributed by atoms with Gasteiger partial charge in [0.25, 0.3) is 5.91 Å². The minimum atomic E-state index is -1.51. The van der Waals surface area contributed by atoms with Gasteiger partial charge in [-0.2, -0.15) is 0 Å². The molecule has 2 amide bonds. The van der Waals surface area contributed by atoms with E-state index in [2.05, 4.69) is 10.6 Å². The molecule has 1 saturated carbocycles. The maximum Gasteiger partial charge on any atom is 0.257 e. The van der Waals surface area contributed by atoms with Gasteiger partial charge in [-0.3, -0.25) is 9.59 Å². The molecule has 1 aliphatic carbocycles. The van der Waals surface area contributed by atoms with Crippen LogP contribution in [0.5, 0.6) is 0 Å². The molecular weight excluding hydrogens is 571 g/mol. The highest BCUT2D eigenvalue weighted by Gasteiger charge is 2.67. The van der Waals surface area contributed by atoms with E-state index in [4.69, 9.17) is 58.0 Å². The van der Waals surface area contributed by atoms with Crippen LogP contribution in [0.4, 0.5) is 24.5 Å². The van der Waals surface area contributed by atoms with E-state index < -0.39 is 45.4 Å². The molecule has 0 spiro atoms. The Morgan fingerprint density at radius 1 is 0.829 bits per heavy atom. The average Bonchev–Trinajstić information content (AvgIpc) is 3.37. The van der Waals surface area contributed by atoms with E-state index in [1.54, 1.807) is 0 Å². The molecule has 4 nitrogen and oxygen atoms in total. The van der Waals surface area contributed by atoms with Crippen molar-refractivity contribution >= 4 is 81.2 Å². The summed E-state index contributed by atoms with van der Waals surface area (Å²) in [4.78, 5) is 25.5. The molecule has 2 atom stereocenters. The summed E-state index contributed by atoms with van der Waals surface area (Å²) in [5.74, 6) is -5.62. The normalized spacial score (nSPS) is 18.2. The molecule has 35 heavy (non-hydrogen) atoms. The van der Waals surface area contributed by atoms with Crippen molar-refractivity contribution in [3.8, 4) is 0 Å². The van der Waals surface area contributed by atoms with Crippen molar-refractivity contribution in [2.24, 2.45) is 5.92 Å². The van der Waals surface area contributed by atoms with Gasteiger partial charge in [0, 0.05) is 17.7 Å². The van der Waals surface area contributed by atoms with Gasteiger partial charge >= 0.3 is 0 Å². The van der Waals surface area contributed by atoms with Gasteiger partial charge in [-0.25, -0.2) is 13.2 Å². The third kappa shape index (κ3) is 5.20. The number of hydrogen-bond donors (Lipinski definition) is 2. The SMILES string of the molecule is O=C(Nc1ccc(F)cc1F)c1cc(NC(=O)[C@H]2[C@H](c3cc(Cl)c(F)c(Cl)c3)C2(Cl)Cl)ccc1Cl. The van der Waals surface area contributed by atoms with Crippen molar-refractivity contribution < 1.29 is 22.8 Å². The van der Waals surface area contributed by atoms with Crippen molar-refractivity contribution in [2.45, 2.75) is 10.3 Å². The van der Waals surface area contributed by atoms with Gasteiger partial charge in [-0.1, -0.05) is 34.8 Å². The molecule has 0 aliphatic heterocycles. The van der Waals surface area contributed by atoms with Crippen LogP contribution in [-0.4, -0.2) is 16.1 Å². The number of carbonyl (C=O) groups is 2. The largest absolute Gasteiger partial charge is 0.326 e. The van der Waals surface area contributed by atoms with Crippen molar-refractivity contribution in [1.29, 1.82) is 0 Å². The van der Waals surface area contributed by atoms with E-state index in [9.17, 15) is 22.8 Å². The highest BCUT2D eigenvalue weighted by Crippen LogP contribution is 2.65. The highest BCUT2D eigenvalue weighted by atomic mass is 35.5. The Hall–Kier alpha value is -2.16. The Morgan fingerprint density at radius 2 is 1.49 bits per heavy atom. The summed E-state index contributed by atoms with van der Waals surface area (Å²) in [5.41, 5.74) is 0.215. The molecule has 0 bridgehead atoms. The van der Waals surface area contributed by atoms with Crippen LogP contribution in [-0.2, 0) is 4.79 Å². The third-order valence-corrected chi connectivity index (χ3v) is 7.18. The van der Waals surface area contributed by atoms with Crippen molar-refractivity contribution in [3.05, 3.63) is 92.2 Å². The minimum Gasteiger partial charge on any atom is -0.326 e. The number of halogens is 8. The monoisotopic (exact) mass is 580 g/mol. The molecule has 1 aliphatic rings. The predicted molar refractivity (Wildman–Crippen MR) is 131 cm³/mol. The fraction of sp³-hybridized carbons (Fsp3) is 0.130. The van der Waals surface area contributed by atoms with Crippen LogP contribution in [0.15, 0.2) is 48.5 Å². The molecule has 182 valence electrons. The first-order valence-electron chi connectivity index (χ1n) is 9.79. The van der Waals surface area contributed by atoms with Crippen LogP contribution in [0.1, 0.15) is 21.8 Å². The summed E-state index contributed by atoms with van der Waals surface area (Å²) in [5, 5.41) is 4.42. The molecule has 0 saturated heterocycles. The number of carbonyl (C=O) groups excluding carboxylic acids is 2. The Bertz CT molecular complexity index is 1350. The van der Waals surface area contributed by atoms with Crippen molar-refractivity contribution in [3.63, 3.8) is 0 Å². The minimum absolute atomic E-state index is 0.0203. The zero-order valence-electron chi connectivity index (χ0n) is 17.1. The number of rotatable bonds is 5. The number of alkyl halides is 2. The molecular formula is C23H12Cl5F3N2O2. The number of hydrogen-bond acceptors (Lipinski definition) is 2. The maximum atomic E-state index is 13.9. The topological polar surface area (TPSA) is 58.2 Å². The van der Waals surface area contributed by atoms with E-state index in [1.807, 2.05) is 0 Å². The molecule has 2 N–H and O–H groups in total. The summed E-state index contributed by atoms with van der Waals surface area (Å²) in [6.45, 7) is 0. The Morgan fingerprint density at radius 3 is 2.11 bits per heavy atom. The molecule has 0 unspecified atom stereocenters. The highest BCUT2D eigenvalue weighted by molar-refractivity contribution is 6.53. The zero-order valence-corrected chi connectivity index (χ0v) is 20.9. The van der Waals surface area contributed by atoms with E-state index in [1.165, 1.54) is 30.3 Å². The lowest BCUT2D eigenvalue weighted by molar-refractivity contribution is -0.117. The summed E-state index contributed by atoms with van der Waals surface area (Å²) >= 11 is 30.4. The van der Waals surface area contributed by atoms with E-state index >= 15 is 0 Å². The first-order chi connectivity index (χ1) is 16.4. The molecule has 0 aromatic heterocycles. The summed E-state index contributed by atoms with van der Waals surface area (Å²) < 4.78 is 39.2. The second-order valence-corrected chi connectivity index (χ2v) is 10.4. The molecule has 0 radical (unpaired) electrons. The summed E-state index contributed by atoms with van der Waals surface area (Å²) in [6.07, 6.45) is 0. The van der Waals surface area contributed by atoms with E-state index in [-0.39, 0.29) is 32.0 Å². The molecule has 0 heterocycles. The maximum absolute atomic E-state index is 13.9. The smallest absolute Gasteiger partial charge is 0.257 e. The van der Waals surface area contributed by atoms with Gasteiger partial charge < -0.3 is 10.6 Å². The van der Waals surface area contributed by atoms with Crippen LogP contribution >= 0.6 is 58.0 Å². The number of amides is 2. The second kappa shape index (κ2) is 9.71. The number of nitrogens with one attached hydrogen (secondary N) is 2. The molecule has 12 heteroatoms. The molecule has 3 aromatic rings.